The maximum Gasteiger partial charge on any atom is 0.142 e. The van der Waals surface area contributed by atoms with Crippen LogP contribution in [0.25, 0.3) is 0 Å². The van der Waals surface area contributed by atoms with Gasteiger partial charge in [0.15, 0.2) is 0 Å². The third-order valence-electron chi connectivity index (χ3n) is 2.43. The van der Waals surface area contributed by atoms with E-state index in [1.165, 1.54) is 0 Å². The molecule has 17 heavy (non-hydrogen) atoms. The van der Waals surface area contributed by atoms with Crippen molar-refractivity contribution in [1.29, 1.82) is 0 Å². The Labute approximate surface area is 104 Å². The fraction of sp³-hybridized carbons (Fsp3) is 0.273. The van der Waals surface area contributed by atoms with E-state index in [4.69, 9.17) is 16.3 Å². The smallest absolute Gasteiger partial charge is 0.142 e. The monoisotopic (exact) mass is 252 g/mol. The Kier molecular flexibility index (Phi) is 3.49. The minimum absolute atomic E-state index is 0.611. The molecule has 0 saturated heterocycles. The summed E-state index contributed by atoms with van der Waals surface area (Å²) in [5, 5.41) is 11.6. The standard InChI is InChI=1S/C11H13ClN4O/c1-16-9(7-14-15-16)6-13-10-5-8(12)3-4-11(10)17-2/h3-5,7,13H,6H2,1-2H3. The van der Waals surface area contributed by atoms with Gasteiger partial charge in [-0.25, -0.2) is 0 Å². The number of benzene rings is 1. The van der Waals surface area contributed by atoms with Crippen LogP contribution in [-0.2, 0) is 13.6 Å². The molecule has 0 fully saturated rings. The molecular formula is C11H13ClN4O. The highest BCUT2D eigenvalue weighted by atomic mass is 35.5. The van der Waals surface area contributed by atoms with E-state index in [9.17, 15) is 0 Å². The number of hydrogen-bond donors (Lipinski definition) is 1. The van der Waals surface area contributed by atoms with Crippen molar-refractivity contribution in [3.05, 3.63) is 35.1 Å². The van der Waals surface area contributed by atoms with Crippen molar-refractivity contribution in [2.75, 3.05) is 12.4 Å². The second kappa shape index (κ2) is 5.05. The van der Waals surface area contributed by atoms with Gasteiger partial charge in [0.05, 0.1) is 31.2 Å². The molecule has 0 atom stereocenters. The summed E-state index contributed by atoms with van der Waals surface area (Å²) in [7, 11) is 3.47. The van der Waals surface area contributed by atoms with Crippen molar-refractivity contribution in [1.82, 2.24) is 15.0 Å². The minimum Gasteiger partial charge on any atom is -0.495 e. The molecule has 0 amide bonds. The molecule has 2 rings (SSSR count). The molecule has 0 saturated carbocycles. The topological polar surface area (TPSA) is 52.0 Å². The van der Waals surface area contributed by atoms with Crippen LogP contribution >= 0.6 is 11.6 Å². The largest absolute Gasteiger partial charge is 0.495 e. The van der Waals surface area contributed by atoms with Gasteiger partial charge in [0, 0.05) is 12.1 Å². The van der Waals surface area contributed by atoms with Crippen LogP contribution in [0.5, 0.6) is 5.75 Å². The van der Waals surface area contributed by atoms with E-state index in [0.29, 0.717) is 11.6 Å². The zero-order valence-electron chi connectivity index (χ0n) is 9.64. The van der Waals surface area contributed by atoms with Gasteiger partial charge in [0.25, 0.3) is 0 Å². The lowest BCUT2D eigenvalue weighted by Crippen LogP contribution is -2.06. The second-order valence-electron chi connectivity index (χ2n) is 3.55. The molecule has 1 heterocycles. The first kappa shape index (κ1) is 11.7. The Morgan fingerprint density at radius 1 is 1.47 bits per heavy atom. The summed E-state index contributed by atoms with van der Waals surface area (Å²) in [4.78, 5) is 0. The number of nitrogens with one attached hydrogen (secondary N) is 1. The second-order valence-corrected chi connectivity index (χ2v) is 3.98. The van der Waals surface area contributed by atoms with Gasteiger partial charge in [-0.2, -0.15) is 0 Å². The van der Waals surface area contributed by atoms with Crippen LogP contribution in [0.2, 0.25) is 5.02 Å². The summed E-state index contributed by atoms with van der Waals surface area (Å²) in [6.45, 7) is 0.611. The average Bonchev–Trinajstić information content (AvgIpc) is 2.72. The summed E-state index contributed by atoms with van der Waals surface area (Å²) in [5.41, 5.74) is 1.83. The normalized spacial score (nSPS) is 10.3. The third kappa shape index (κ3) is 2.68. The van der Waals surface area contributed by atoms with E-state index in [2.05, 4.69) is 15.6 Å². The van der Waals surface area contributed by atoms with Crippen LogP contribution in [0.1, 0.15) is 5.69 Å². The summed E-state index contributed by atoms with van der Waals surface area (Å²) in [6.07, 6.45) is 1.71. The van der Waals surface area contributed by atoms with Gasteiger partial charge >= 0.3 is 0 Å². The van der Waals surface area contributed by atoms with Crippen molar-refractivity contribution in [3.8, 4) is 5.75 Å². The number of aromatic nitrogens is 3. The lowest BCUT2D eigenvalue weighted by molar-refractivity contribution is 0.416. The van der Waals surface area contributed by atoms with E-state index in [-0.39, 0.29) is 0 Å². The summed E-state index contributed by atoms with van der Waals surface area (Å²) in [5.74, 6) is 0.754. The summed E-state index contributed by atoms with van der Waals surface area (Å²) in [6, 6.07) is 5.44. The van der Waals surface area contributed by atoms with Gasteiger partial charge in [0.1, 0.15) is 5.75 Å². The minimum atomic E-state index is 0.611. The molecule has 0 aliphatic rings. The first-order valence-corrected chi connectivity index (χ1v) is 5.49. The zero-order chi connectivity index (χ0) is 12.3. The van der Waals surface area contributed by atoms with Crippen molar-refractivity contribution in [2.45, 2.75) is 6.54 Å². The number of anilines is 1. The molecule has 0 radical (unpaired) electrons. The number of nitrogens with zero attached hydrogens (tertiary/aromatic N) is 3. The number of ether oxygens (including phenoxy) is 1. The lowest BCUT2D eigenvalue weighted by Gasteiger charge is -2.11. The molecule has 0 unspecified atom stereocenters. The Morgan fingerprint density at radius 2 is 2.29 bits per heavy atom. The van der Waals surface area contributed by atoms with Crippen molar-refractivity contribution < 1.29 is 4.74 Å². The molecule has 0 aliphatic carbocycles. The fourth-order valence-corrected chi connectivity index (χ4v) is 1.65. The maximum absolute atomic E-state index is 5.94. The molecule has 0 bridgehead atoms. The molecule has 1 aromatic heterocycles. The van der Waals surface area contributed by atoms with Crippen molar-refractivity contribution in [2.24, 2.45) is 7.05 Å². The molecule has 1 aromatic carbocycles. The SMILES string of the molecule is COc1ccc(Cl)cc1NCc1cnnn1C. The van der Waals surface area contributed by atoms with Crippen LogP contribution in [0, 0.1) is 0 Å². The average molecular weight is 253 g/mol. The Hall–Kier alpha value is -1.75. The number of aryl methyl sites for hydroxylation is 1. The molecule has 0 spiro atoms. The quantitative estimate of drug-likeness (QED) is 0.905. The highest BCUT2D eigenvalue weighted by Crippen LogP contribution is 2.27. The highest BCUT2D eigenvalue weighted by molar-refractivity contribution is 6.30. The molecule has 1 N–H and O–H groups in total. The van der Waals surface area contributed by atoms with Gasteiger partial charge in [-0.1, -0.05) is 16.8 Å². The van der Waals surface area contributed by atoms with E-state index < -0.39 is 0 Å². The van der Waals surface area contributed by atoms with Gasteiger partial charge in [-0.3, -0.25) is 4.68 Å². The molecule has 90 valence electrons. The van der Waals surface area contributed by atoms with Crippen molar-refractivity contribution in [3.63, 3.8) is 0 Å². The first-order chi connectivity index (χ1) is 8.20. The van der Waals surface area contributed by atoms with E-state index >= 15 is 0 Å². The number of hydrogen-bond acceptors (Lipinski definition) is 4. The van der Waals surface area contributed by atoms with Crippen LogP contribution in [-0.4, -0.2) is 22.1 Å². The van der Waals surface area contributed by atoms with Crippen LogP contribution in [0.4, 0.5) is 5.69 Å². The van der Waals surface area contributed by atoms with Gasteiger partial charge in [-0.05, 0) is 18.2 Å². The Morgan fingerprint density at radius 3 is 2.94 bits per heavy atom. The van der Waals surface area contributed by atoms with Gasteiger partial charge in [0.2, 0.25) is 0 Å². The van der Waals surface area contributed by atoms with Gasteiger partial charge < -0.3 is 10.1 Å². The molecule has 5 nitrogen and oxygen atoms in total. The zero-order valence-corrected chi connectivity index (χ0v) is 10.4. The van der Waals surface area contributed by atoms with Crippen LogP contribution in [0.3, 0.4) is 0 Å². The van der Waals surface area contributed by atoms with Gasteiger partial charge in [-0.15, -0.1) is 5.10 Å². The predicted molar refractivity (Wildman–Crippen MR) is 66.3 cm³/mol. The van der Waals surface area contributed by atoms with Crippen LogP contribution in [0.15, 0.2) is 24.4 Å². The van der Waals surface area contributed by atoms with Crippen LogP contribution < -0.4 is 10.1 Å². The number of rotatable bonds is 4. The first-order valence-electron chi connectivity index (χ1n) is 5.11. The highest BCUT2D eigenvalue weighted by Gasteiger charge is 2.05. The lowest BCUT2D eigenvalue weighted by atomic mass is 10.3. The Bertz CT molecular complexity index is 512. The maximum atomic E-state index is 5.94. The molecule has 0 aliphatic heterocycles. The molecular weight excluding hydrogens is 240 g/mol. The van der Waals surface area contributed by atoms with E-state index in [1.54, 1.807) is 24.1 Å². The Balaban J connectivity index is 2.13. The summed E-state index contributed by atoms with van der Waals surface area (Å²) >= 11 is 5.94. The molecule has 6 heteroatoms. The van der Waals surface area contributed by atoms with E-state index in [1.807, 2.05) is 19.2 Å². The summed E-state index contributed by atoms with van der Waals surface area (Å²) < 4.78 is 6.95. The van der Waals surface area contributed by atoms with Crippen molar-refractivity contribution >= 4 is 17.3 Å². The third-order valence-corrected chi connectivity index (χ3v) is 2.66. The fourth-order valence-electron chi connectivity index (χ4n) is 1.48. The predicted octanol–water partition coefficient (Wildman–Crippen LogP) is 2.09. The number of halogens is 1. The number of methoxy groups -OCH3 is 1. The molecule has 2 aromatic rings. The van der Waals surface area contributed by atoms with E-state index in [0.717, 1.165) is 17.1 Å².